The summed E-state index contributed by atoms with van der Waals surface area (Å²) in [6.45, 7) is 2.78. The summed E-state index contributed by atoms with van der Waals surface area (Å²) >= 11 is 0. The zero-order valence-corrected chi connectivity index (χ0v) is 12.6. The minimum absolute atomic E-state index is 0.189. The lowest BCUT2D eigenvalue weighted by Gasteiger charge is -2.18. The van der Waals surface area contributed by atoms with E-state index in [1.165, 1.54) is 12.1 Å². The van der Waals surface area contributed by atoms with Gasteiger partial charge >= 0.3 is 0 Å². The van der Waals surface area contributed by atoms with Gasteiger partial charge in [-0.3, -0.25) is 0 Å². The Morgan fingerprint density at radius 1 is 1.14 bits per heavy atom. The fourth-order valence-electron chi connectivity index (χ4n) is 2.15. The normalized spacial score (nSPS) is 12.2. The molecule has 0 aliphatic carbocycles. The monoisotopic (exact) mass is 287 g/mol. The number of rotatable bonds is 6. The first-order chi connectivity index (χ1) is 10.1. The van der Waals surface area contributed by atoms with Crippen LogP contribution in [0.15, 0.2) is 42.6 Å². The molecule has 1 heterocycles. The van der Waals surface area contributed by atoms with Gasteiger partial charge < -0.3 is 10.6 Å². The number of halogens is 1. The molecule has 0 spiro atoms. The number of hydrogen-bond acceptors (Lipinski definition) is 3. The van der Waals surface area contributed by atoms with E-state index in [4.69, 9.17) is 5.73 Å². The summed E-state index contributed by atoms with van der Waals surface area (Å²) in [5, 5.41) is 0. The summed E-state index contributed by atoms with van der Waals surface area (Å²) < 4.78 is 12.9. The Morgan fingerprint density at radius 3 is 2.38 bits per heavy atom. The average Bonchev–Trinajstić information content (AvgIpc) is 2.50. The molecular formula is C17H22FN3. The van der Waals surface area contributed by atoms with Crippen LogP contribution in [-0.2, 0) is 13.0 Å². The van der Waals surface area contributed by atoms with E-state index in [0.29, 0.717) is 6.54 Å². The number of pyridine rings is 1. The van der Waals surface area contributed by atoms with Crippen LogP contribution in [0.5, 0.6) is 0 Å². The molecule has 21 heavy (non-hydrogen) atoms. The van der Waals surface area contributed by atoms with Gasteiger partial charge in [0.25, 0.3) is 0 Å². The lowest BCUT2D eigenvalue weighted by atomic mass is 10.1. The van der Waals surface area contributed by atoms with Crippen molar-refractivity contribution in [3.8, 4) is 0 Å². The van der Waals surface area contributed by atoms with Crippen LogP contribution < -0.4 is 10.6 Å². The molecule has 0 radical (unpaired) electrons. The minimum Gasteiger partial charge on any atom is -0.355 e. The van der Waals surface area contributed by atoms with Crippen molar-refractivity contribution >= 4 is 5.82 Å². The van der Waals surface area contributed by atoms with Gasteiger partial charge in [-0.2, -0.15) is 0 Å². The van der Waals surface area contributed by atoms with Crippen LogP contribution >= 0.6 is 0 Å². The van der Waals surface area contributed by atoms with E-state index >= 15 is 0 Å². The van der Waals surface area contributed by atoms with Crippen LogP contribution in [0.2, 0.25) is 0 Å². The largest absolute Gasteiger partial charge is 0.355 e. The number of aromatic nitrogens is 1. The smallest absolute Gasteiger partial charge is 0.128 e. The predicted molar refractivity (Wildman–Crippen MR) is 84.7 cm³/mol. The van der Waals surface area contributed by atoms with Crippen molar-refractivity contribution in [3.05, 3.63) is 59.5 Å². The minimum atomic E-state index is -0.212. The lowest BCUT2D eigenvalue weighted by molar-refractivity contribution is 0.627. The molecule has 4 heteroatoms. The van der Waals surface area contributed by atoms with Crippen LogP contribution in [0.4, 0.5) is 10.2 Å². The molecule has 0 amide bonds. The first-order valence-corrected chi connectivity index (χ1v) is 7.24. The van der Waals surface area contributed by atoms with Gasteiger partial charge in [0.05, 0.1) is 0 Å². The van der Waals surface area contributed by atoms with Crippen molar-refractivity contribution in [2.75, 3.05) is 11.9 Å². The van der Waals surface area contributed by atoms with Crippen molar-refractivity contribution in [2.45, 2.75) is 32.4 Å². The lowest BCUT2D eigenvalue weighted by Crippen LogP contribution is -2.22. The van der Waals surface area contributed by atoms with E-state index in [1.807, 2.05) is 24.2 Å². The summed E-state index contributed by atoms with van der Waals surface area (Å²) in [6, 6.07) is 10.8. The second-order valence-electron chi connectivity index (χ2n) is 5.38. The molecule has 2 rings (SSSR count). The maximum Gasteiger partial charge on any atom is 0.128 e. The zero-order chi connectivity index (χ0) is 15.2. The number of nitrogens with two attached hydrogens (primary N) is 1. The van der Waals surface area contributed by atoms with Crippen LogP contribution in [0.3, 0.4) is 0 Å². The van der Waals surface area contributed by atoms with Crippen LogP contribution in [-0.4, -0.2) is 18.1 Å². The van der Waals surface area contributed by atoms with E-state index in [1.54, 1.807) is 12.1 Å². The fraction of sp³-hybridized carbons (Fsp3) is 0.353. The number of nitrogens with zero attached hydrogens (tertiary/aromatic N) is 2. The Bertz CT molecular complexity index is 551. The summed E-state index contributed by atoms with van der Waals surface area (Å²) in [6.07, 6.45) is 3.70. The Morgan fingerprint density at radius 2 is 1.81 bits per heavy atom. The highest BCUT2D eigenvalue weighted by Gasteiger charge is 2.06. The molecule has 3 nitrogen and oxygen atoms in total. The van der Waals surface area contributed by atoms with Crippen LogP contribution in [0.1, 0.15) is 24.5 Å². The molecule has 0 aliphatic heterocycles. The van der Waals surface area contributed by atoms with Crippen molar-refractivity contribution in [3.63, 3.8) is 0 Å². The Balaban J connectivity index is 1.99. The summed E-state index contributed by atoms with van der Waals surface area (Å²) in [5.41, 5.74) is 8.16. The van der Waals surface area contributed by atoms with E-state index in [2.05, 4.69) is 18.0 Å². The van der Waals surface area contributed by atoms with Gasteiger partial charge in [-0.15, -0.1) is 0 Å². The molecule has 1 unspecified atom stereocenters. The Labute approximate surface area is 125 Å². The summed E-state index contributed by atoms with van der Waals surface area (Å²) in [7, 11) is 1.98. The number of hydrogen-bond donors (Lipinski definition) is 1. The maximum absolute atomic E-state index is 12.9. The molecule has 1 aromatic carbocycles. The molecule has 1 aromatic heterocycles. The molecule has 2 aromatic rings. The highest BCUT2D eigenvalue weighted by atomic mass is 19.1. The van der Waals surface area contributed by atoms with E-state index < -0.39 is 0 Å². The third-order valence-electron chi connectivity index (χ3n) is 3.56. The van der Waals surface area contributed by atoms with E-state index in [-0.39, 0.29) is 11.9 Å². The second kappa shape index (κ2) is 7.18. The number of anilines is 1. The van der Waals surface area contributed by atoms with Crippen LogP contribution in [0, 0.1) is 5.82 Å². The third-order valence-corrected chi connectivity index (χ3v) is 3.56. The third kappa shape index (κ3) is 4.53. The standard InChI is InChI=1S/C17H22FN3/c1-3-16(19)10-14-6-9-17(20-11-14)21(2)12-13-4-7-15(18)8-5-13/h4-9,11,16H,3,10,12,19H2,1-2H3. The first-order valence-electron chi connectivity index (χ1n) is 7.24. The topological polar surface area (TPSA) is 42.1 Å². The van der Waals surface area contributed by atoms with Crippen LogP contribution in [0.25, 0.3) is 0 Å². The molecule has 0 aliphatic rings. The van der Waals surface area contributed by atoms with Crippen molar-refractivity contribution in [1.82, 2.24) is 4.98 Å². The highest BCUT2D eigenvalue weighted by molar-refractivity contribution is 5.39. The van der Waals surface area contributed by atoms with Gasteiger partial charge in [0, 0.05) is 25.8 Å². The van der Waals surface area contributed by atoms with Crippen molar-refractivity contribution in [2.24, 2.45) is 5.73 Å². The molecule has 0 fully saturated rings. The van der Waals surface area contributed by atoms with Gasteiger partial charge in [0.15, 0.2) is 0 Å². The maximum atomic E-state index is 12.9. The molecule has 0 saturated heterocycles. The van der Waals surface area contributed by atoms with E-state index in [0.717, 1.165) is 29.8 Å². The average molecular weight is 287 g/mol. The molecule has 112 valence electrons. The van der Waals surface area contributed by atoms with Gasteiger partial charge in [-0.25, -0.2) is 9.37 Å². The molecule has 1 atom stereocenters. The molecule has 0 bridgehead atoms. The second-order valence-corrected chi connectivity index (χ2v) is 5.38. The van der Waals surface area contributed by atoms with Gasteiger partial charge in [-0.1, -0.05) is 25.1 Å². The van der Waals surface area contributed by atoms with Crippen molar-refractivity contribution < 1.29 is 4.39 Å². The van der Waals surface area contributed by atoms with Gasteiger partial charge in [0.2, 0.25) is 0 Å². The predicted octanol–water partition coefficient (Wildman–Crippen LogP) is 3.14. The molecule has 2 N–H and O–H groups in total. The summed E-state index contributed by atoms with van der Waals surface area (Å²) in [5.74, 6) is 0.685. The summed E-state index contributed by atoms with van der Waals surface area (Å²) in [4.78, 5) is 6.51. The number of benzene rings is 1. The first kappa shape index (κ1) is 15.4. The highest BCUT2D eigenvalue weighted by Crippen LogP contribution is 2.14. The SMILES string of the molecule is CCC(N)Cc1ccc(N(C)Cc2ccc(F)cc2)nc1. The molecule has 0 saturated carbocycles. The Kier molecular flexibility index (Phi) is 5.28. The quantitative estimate of drug-likeness (QED) is 0.887. The van der Waals surface area contributed by atoms with Gasteiger partial charge in [0.1, 0.15) is 11.6 Å². The fourth-order valence-corrected chi connectivity index (χ4v) is 2.15. The zero-order valence-electron chi connectivity index (χ0n) is 12.6. The molecular weight excluding hydrogens is 265 g/mol. The Hall–Kier alpha value is -1.94. The van der Waals surface area contributed by atoms with E-state index in [9.17, 15) is 4.39 Å². The van der Waals surface area contributed by atoms with Crippen molar-refractivity contribution in [1.29, 1.82) is 0 Å². The van der Waals surface area contributed by atoms with Gasteiger partial charge in [-0.05, 0) is 42.2 Å².